The minimum Gasteiger partial charge on any atom is -0.385 e. The van der Waals surface area contributed by atoms with Crippen molar-refractivity contribution in [3.8, 4) is 0 Å². The van der Waals surface area contributed by atoms with E-state index in [4.69, 9.17) is 0 Å². The first kappa shape index (κ1) is 14.6. The number of carbonyl (C=O) groups is 1. The third-order valence-electron chi connectivity index (χ3n) is 2.48. The molecule has 0 amide bonds. The van der Waals surface area contributed by atoms with Crippen LogP contribution in [0.1, 0.15) is 51.4 Å². The molecule has 1 aromatic rings. The van der Waals surface area contributed by atoms with Gasteiger partial charge in [-0.3, -0.25) is 4.79 Å². The molecule has 0 aliphatic rings. The van der Waals surface area contributed by atoms with E-state index >= 15 is 0 Å². The Labute approximate surface area is 110 Å². The molecule has 0 fully saturated rings. The van der Waals surface area contributed by atoms with Crippen LogP contribution in [0.4, 0.5) is 11.4 Å². The lowest BCUT2D eigenvalue weighted by atomic mass is 10.0. The van der Waals surface area contributed by atoms with Crippen LogP contribution in [-0.2, 0) is 0 Å². The summed E-state index contributed by atoms with van der Waals surface area (Å²) in [4.78, 5) is 11.8. The number of benzene rings is 1. The maximum absolute atomic E-state index is 11.8. The van der Waals surface area contributed by atoms with E-state index < -0.39 is 0 Å². The standard InChI is InChI=1S/C15H24N2O/c1-6-14(18)11-8-12(16-7-2)10-13(9-11)17-15(3,4)5/h8-10,16-17H,6-7H2,1-5H3. The van der Waals surface area contributed by atoms with Gasteiger partial charge in [0.15, 0.2) is 5.78 Å². The second-order valence-electron chi connectivity index (χ2n) is 5.48. The zero-order chi connectivity index (χ0) is 13.8. The number of ketones is 1. The summed E-state index contributed by atoms with van der Waals surface area (Å²) in [5, 5.41) is 6.67. The highest BCUT2D eigenvalue weighted by Gasteiger charge is 2.12. The Morgan fingerprint density at radius 1 is 1.11 bits per heavy atom. The first-order chi connectivity index (χ1) is 8.35. The lowest BCUT2D eigenvalue weighted by Crippen LogP contribution is -2.26. The van der Waals surface area contributed by atoms with E-state index in [0.717, 1.165) is 23.5 Å². The molecule has 3 heteroatoms. The fourth-order valence-electron chi connectivity index (χ4n) is 1.80. The van der Waals surface area contributed by atoms with Crippen LogP contribution < -0.4 is 10.6 Å². The van der Waals surface area contributed by atoms with Crippen molar-refractivity contribution in [1.82, 2.24) is 0 Å². The van der Waals surface area contributed by atoms with Gasteiger partial charge in [0.1, 0.15) is 0 Å². The molecule has 2 N–H and O–H groups in total. The zero-order valence-electron chi connectivity index (χ0n) is 12.1. The Bertz CT molecular complexity index is 419. The third-order valence-corrected chi connectivity index (χ3v) is 2.48. The van der Waals surface area contributed by atoms with E-state index in [2.05, 4.69) is 31.4 Å². The second-order valence-corrected chi connectivity index (χ2v) is 5.48. The number of Topliss-reactive ketones (excluding diaryl/α,β-unsaturated/α-hetero) is 1. The second kappa shape index (κ2) is 5.89. The van der Waals surface area contributed by atoms with Crippen LogP contribution in [0.15, 0.2) is 18.2 Å². The summed E-state index contributed by atoms with van der Waals surface area (Å²) in [5.74, 6) is 0.173. The van der Waals surface area contributed by atoms with Gasteiger partial charge in [-0.15, -0.1) is 0 Å². The van der Waals surface area contributed by atoms with Gasteiger partial charge in [0.25, 0.3) is 0 Å². The van der Waals surface area contributed by atoms with Crippen molar-refractivity contribution < 1.29 is 4.79 Å². The molecule has 0 saturated heterocycles. The van der Waals surface area contributed by atoms with Crippen molar-refractivity contribution in [2.24, 2.45) is 0 Å². The maximum Gasteiger partial charge on any atom is 0.162 e. The Balaban J connectivity index is 3.09. The number of anilines is 2. The lowest BCUT2D eigenvalue weighted by molar-refractivity contribution is 0.0988. The van der Waals surface area contributed by atoms with Gasteiger partial charge in [-0.1, -0.05) is 6.92 Å². The summed E-state index contributed by atoms with van der Waals surface area (Å²) in [6.07, 6.45) is 0.532. The summed E-state index contributed by atoms with van der Waals surface area (Å²) >= 11 is 0. The highest BCUT2D eigenvalue weighted by atomic mass is 16.1. The molecule has 0 bridgehead atoms. The maximum atomic E-state index is 11.8. The number of carbonyl (C=O) groups excluding carboxylic acids is 1. The number of rotatable bonds is 5. The SMILES string of the molecule is CCNc1cc(NC(C)(C)C)cc(C(=O)CC)c1. The monoisotopic (exact) mass is 248 g/mol. The van der Waals surface area contributed by atoms with Crippen molar-refractivity contribution in [3.63, 3.8) is 0 Å². The predicted molar refractivity (Wildman–Crippen MR) is 78.6 cm³/mol. The average Bonchev–Trinajstić information content (AvgIpc) is 2.25. The molecule has 0 atom stereocenters. The average molecular weight is 248 g/mol. The molecular weight excluding hydrogens is 224 g/mol. The molecular formula is C15H24N2O. The summed E-state index contributed by atoms with van der Waals surface area (Å²) in [6.45, 7) is 11.1. The molecule has 0 spiro atoms. The van der Waals surface area contributed by atoms with Crippen molar-refractivity contribution in [3.05, 3.63) is 23.8 Å². The van der Waals surface area contributed by atoms with Crippen LogP contribution in [0.2, 0.25) is 0 Å². The van der Waals surface area contributed by atoms with Crippen LogP contribution >= 0.6 is 0 Å². The molecule has 0 radical (unpaired) electrons. The number of hydrogen-bond acceptors (Lipinski definition) is 3. The minimum atomic E-state index is -0.0165. The number of hydrogen-bond donors (Lipinski definition) is 2. The molecule has 0 aromatic heterocycles. The molecule has 0 saturated carbocycles. The van der Waals surface area contributed by atoms with Gasteiger partial charge in [0, 0.05) is 35.4 Å². The van der Waals surface area contributed by atoms with Crippen LogP contribution in [0, 0.1) is 0 Å². The van der Waals surface area contributed by atoms with Crippen LogP contribution in [0.25, 0.3) is 0 Å². The molecule has 18 heavy (non-hydrogen) atoms. The largest absolute Gasteiger partial charge is 0.385 e. The Morgan fingerprint density at radius 3 is 2.22 bits per heavy atom. The van der Waals surface area contributed by atoms with Gasteiger partial charge in [-0.05, 0) is 45.9 Å². The first-order valence-corrected chi connectivity index (χ1v) is 6.56. The molecule has 1 rings (SSSR count). The minimum absolute atomic E-state index is 0.0165. The highest BCUT2D eigenvalue weighted by Crippen LogP contribution is 2.23. The topological polar surface area (TPSA) is 41.1 Å². The summed E-state index contributed by atoms with van der Waals surface area (Å²) < 4.78 is 0. The van der Waals surface area contributed by atoms with Crippen LogP contribution in [-0.4, -0.2) is 17.9 Å². The predicted octanol–water partition coefficient (Wildman–Crippen LogP) is 3.92. The van der Waals surface area contributed by atoms with Crippen molar-refractivity contribution in [1.29, 1.82) is 0 Å². The molecule has 3 nitrogen and oxygen atoms in total. The van der Waals surface area contributed by atoms with E-state index in [9.17, 15) is 4.79 Å². The number of nitrogens with one attached hydrogen (secondary N) is 2. The van der Waals surface area contributed by atoms with Gasteiger partial charge in [-0.25, -0.2) is 0 Å². The van der Waals surface area contributed by atoms with Crippen molar-refractivity contribution >= 4 is 17.2 Å². The lowest BCUT2D eigenvalue weighted by Gasteiger charge is -2.23. The third kappa shape index (κ3) is 4.40. The van der Waals surface area contributed by atoms with Crippen molar-refractivity contribution in [2.45, 2.75) is 46.6 Å². The van der Waals surface area contributed by atoms with Gasteiger partial charge in [0.2, 0.25) is 0 Å². The Morgan fingerprint density at radius 2 is 1.72 bits per heavy atom. The Kier molecular flexibility index (Phi) is 4.76. The van der Waals surface area contributed by atoms with Crippen LogP contribution in [0.5, 0.6) is 0 Å². The summed E-state index contributed by atoms with van der Waals surface area (Å²) in [5.41, 5.74) is 2.72. The van der Waals surface area contributed by atoms with E-state index in [-0.39, 0.29) is 11.3 Å². The van der Waals surface area contributed by atoms with E-state index in [1.807, 2.05) is 32.0 Å². The molecule has 0 heterocycles. The quantitative estimate of drug-likeness (QED) is 0.776. The first-order valence-electron chi connectivity index (χ1n) is 6.56. The summed E-state index contributed by atoms with van der Waals surface area (Å²) in [7, 11) is 0. The van der Waals surface area contributed by atoms with E-state index in [1.54, 1.807) is 0 Å². The molecule has 0 aliphatic carbocycles. The molecule has 0 unspecified atom stereocenters. The molecule has 1 aromatic carbocycles. The van der Waals surface area contributed by atoms with Crippen LogP contribution in [0.3, 0.4) is 0 Å². The summed E-state index contributed by atoms with van der Waals surface area (Å²) in [6, 6.07) is 5.89. The highest BCUT2D eigenvalue weighted by molar-refractivity contribution is 5.97. The van der Waals surface area contributed by atoms with E-state index in [0.29, 0.717) is 6.42 Å². The van der Waals surface area contributed by atoms with E-state index in [1.165, 1.54) is 0 Å². The fourth-order valence-corrected chi connectivity index (χ4v) is 1.80. The van der Waals surface area contributed by atoms with Gasteiger partial charge in [0.05, 0.1) is 0 Å². The normalized spacial score (nSPS) is 11.2. The zero-order valence-corrected chi connectivity index (χ0v) is 12.1. The molecule has 100 valence electrons. The molecule has 0 aliphatic heterocycles. The van der Waals surface area contributed by atoms with Crippen molar-refractivity contribution in [2.75, 3.05) is 17.2 Å². The van der Waals surface area contributed by atoms with Gasteiger partial charge < -0.3 is 10.6 Å². The smallest absolute Gasteiger partial charge is 0.162 e. The van der Waals surface area contributed by atoms with Gasteiger partial charge >= 0.3 is 0 Å². The Hall–Kier alpha value is -1.51. The fraction of sp³-hybridized carbons (Fsp3) is 0.533. The van der Waals surface area contributed by atoms with Gasteiger partial charge in [-0.2, -0.15) is 0 Å².